The van der Waals surface area contributed by atoms with E-state index in [4.69, 9.17) is 79.6 Å². The number of nitrogens with zero attached hydrogens (tertiary/aromatic N) is 2. The van der Waals surface area contributed by atoms with Crippen molar-refractivity contribution in [3.8, 4) is 34.5 Å². The van der Waals surface area contributed by atoms with Gasteiger partial charge in [0, 0.05) is 59.8 Å². The maximum atomic E-state index is 13.0. The van der Waals surface area contributed by atoms with E-state index in [0.717, 1.165) is 28.6 Å². The summed E-state index contributed by atoms with van der Waals surface area (Å²) in [6.07, 6.45) is 6.14. The second-order valence-corrected chi connectivity index (χ2v) is 17.1. The highest BCUT2D eigenvalue weighted by Gasteiger charge is 2.44. The van der Waals surface area contributed by atoms with E-state index in [2.05, 4.69) is 9.97 Å². The predicted molar refractivity (Wildman–Crippen MR) is 220 cm³/mol. The molecule has 2 fully saturated rings. The smallest absolute Gasteiger partial charge is 0.341 e. The van der Waals surface area contributed by atoms with Crippen molar-refractivity contribution in [2.75, 3.05) is 70.8 Å². The van der Waals surface area contributed by atoms with Crippen LogP contribution >= 0.6 is 69.9 Å². The van der Waals surface area contributed by atoms with Crippen molar-refractivity contribution in [1.82, 2.24) is 9.97 Å². The van der Waals surface area contributed by atoms with Crippen molar-refractivity contribution >= 4 is 81.7 Å². The number of carbonyl (C=O) groups excluding carboxylic acids is 2. The lowest BCUT2D eigenvalue weighted by molar-refractivity contribution is 0.0593. The van der Waals surface area contributed by atoms with Crippen molar-refractivity contribution in [3.63, 3.8) is 0 Å². The van der Waals surface area contributed by atoms with Gasteiger partial charge in [0.05, 0.1) is 84.2 Å². The van der Waals surface area contributed by atoms with Crippen molar-refractivity contribution < 1.29 is 42.7 Å². The van der Waals surface area contributed by atoms with Gasteiger partial charge in [0.25, 0.3) is 0 Å². The molecule has 4 aliphatic heterocycles. The number of pyridine rings is 2. The SMILES string of the molecule is COC(=O)c1ccc(OC)c2c1OCC1(CO2)CSC1.COc1ccc(C(=O)Cc2c(Cl)cncc2Cl)c2c1OCC1(CO2)CSC1.Cc1c(Cl)cncc1Cl. The van der Waals surface area contributed by atoms with Gasteiger partial charge in [-0.1, -0.05) is 46.4 Å². The molecular weight excluding hydrogens is 846 g/mol. The van der Waals surface area contributed by atoms with E-state index in [-0.39, 0.29) is 23.0 Å². The van der Waals surface area contributed by atoms with Gasteiger partial charge < -0.3 is 33.2 Å². The molecule has 11 nitrogen and oxygen atoms in total. The number of ketones is 1. The second kappa shape index (κ2) is 18.4. The van der Waals surface area contributed by atoms with Gasteiger partial charge in [-0.2, -0.15) is 23.5 Å². The number of rotatable bonds is 6. The summed E-state index contributed by atoms with van der Waals surface area (Å²) in [6, 6.07) is 6.75. The van der Waals surface area contributed by atoms with Gasteiger partial charge in [-0.15, -0.1) is 0 Å². The molecule has 0 atom stereocenters. The molecule has 2 aromatic heterocycles. The van der Waals surface area contributed by atoms with E-state index in [9.17, 15) is 9.59 Å². The van der Waals surface area contributed by atoms with Gasteiger partial charge in [0.2, 0.25) is 11.5 Å². The maximum Gasteiger partial charge on any atom is 0.341 e. The molecule has 4 aromatic rings. The Labute approximate surface area is 353 Å². The number of ether oxygens (including phenoxy) is 7. The number of Topliss-reactive ketones (excluding diaryl/α,β-unsaturated/α-hetero) is 1. The number of benzene rings is 2. The normalized spacial score (nSPS) is 16.6. The highest BCUT2D eigenvalue weighted by Crippen LogP contribution is 2.49. The third-order valence-electron chi connectivity index (χ3n) is 9.40. The molecule has 0 saturated carbocycles. The number of esters is 1. The van der Waals surface area contributed by atoms with Gasteiger partial charge in [-0.25, -0.2) is 4.79 Å². The minimum atomic E-state index is -0.438. The van der Waals surface area contributed by atoms with Crippen LogP contribution in [-0.2, 0) is 11.2 Å². The first-order valence-corrected chi connectivity index (χ1v) is 21.0. The zero-order chi connectivity index (χ0) is 40.0. The Bertz CT molecular complexity index is 2060. The third kappa shape index (κ3) is 9.13. The number of aromatic nitrogens is 2. The van der Waals surface area contributed by atoms with E-state index in [1.54, 1.807) is 50.9 Å². The summed E-state index contributed by atoms with van der Waals surface area (Å²) in [4.78, 5) is 32.6. The molecular formula is C39H38Cl4N2O9S2. The lowest BCUT2D eigenvalue weighted by atomic mass is 9.94. The average molecular weight is 885 g/mol. The van der Waals surface area contributed by atoms with Crippen LogP contribution in [0.25, 0.3) is 0 Å². The average Bonchev–Trinajstić information content (AvgIpc) is 3.52. The van der Waals surface area contributed by atoms with Crippen molar-refractivity contribution in [3.05, 3.63) is 91.4 Å². The van der Waals surface area contributed by atoms with Crippen LogP contribution in [0.5, 0.6) is 34.5 Å². The van der Waals surface area contributed by atoms with Gasteiger partial charge in [-0.3, -0.25) is 14.8 Å². The van der Waals surface area contributed by atoms with Crippen LogP contribution < -0.4 is 28.4 Å². The number of carbonyl (C=O) groups is 2. The highest BCUT2D eigenvalue weighted by molar-refractivity contribution is 8.00. The van der Waals surface area contributed by atoms with Gasteiger partial charge in [0.15, 0.2) is 28.8 Å². The molecule has 8 rings (SSSR count). The molecule has 0 unspecified atom stereocenters. The number of fused-ring (bicyclic) bond motifs is 2. The Balaban J connectivity index is 0.000000160. The van der Waals surface area contributed by atoms with Crippen molar-refractivity contribution in [2.45, 2.75) is 13.3 Å². The van der Waals surface area contributed by atoms with Crippen LogP contribution in [-0.4, -0.2) is 92.5 Å². The fourth-order valence-electron chi connectivity index (χ4n) is 5.90. The number of methoxy groups -OCH3 is 3. The Kier molecular flexibility index (Phi) is 13.9. The molecule has 0 N–H and O–H groups in total. The third-order valence-corrected chi connectivity index (χ3v) is 14.1. The summed E-state index contributed by atoms with van der Waals surface area (Å²) in [7, 11) is 4.48. The van der Waals surface area contributed by atoms with Crippen LogP contribution in [0, 0.1) is 17.8 Å². The first kappa shape index (κ1) is 42.2. The van der Waals surface area contributed by atoms with E-state index in [0.29, 0.717) is 97.7 Å². The van der Waals surface area contributed by atoms with Crippen LogP contribution in [0.3, 0.4) is 0 Å². The van der Waals surface area contributed by atoms with Crippen LogP contribution in [0.15, 0.2) is 49.1 Å². The van der Waals surface area contributed by atoms with Crippen molar-refractivity contribution in [1.29, 1.82) is 0 Å². The van der Waals surface area contributed by atoms with E-state index in [1.807, 2.05) is 30.4 Å². The molecule has 2 aromatic carbocycles. The molecule has 298 valence electrons. The quantitative estimate of drug-likeness (QED) is 0.135. The fourth-order valence-corrected chi connectivity index (χ4v) is 8.99. The van der Waals surface area contributed by atoms with Crippen molar-refractivity contribution in [2.24, 2.45) is 10.8 Å². The molecule has 0 amide bonds. The minimum absolute atomic E-state index is 0.00721. The highest BCUT2D eigenvalue weighted by atomic mass is 35.5. The lowest BCUT2D eigenvalue weighted by Crippen LogP contribution is -2.45. The maximum absolute atomic E-state index is 13.0. The molecule has 2 saturated heterocycles. The van der Waals surface area contributed by atoms with Crippen LogP contribution in [0.2, 0.25) is 20.1 Å². The first-order chi connectivity index (χ1) is 26.9. The standard InChI is InChI=1S/C19H17Cl2NO4S.C14H16O5S.C6H5Cl2N/c1-24-16-3-2-11(15(23)4-12-13(20)5-22-6-14(12)21)17-18(16)26-8-19(7-25-17)9-27-10-19;1-16-10-4-3-9(13(15)17-2)11-12(10)19-6-14(5-18-11)7-20-8-14;1-4-5(7)2-9-3-6(4)8/h2-3,5-6H,4,7-10H2,1H3;3-4H,5-8H2,1-2H3;2-3H,1H3. The van der Waals surface area contributed by atoms with Crippen LogP contribution in [0.4, 0.5) is 0 Å². The zero-order valence-corrected chi connectivity index (χ0v) is 35.5. The first-order valence-electron chi connectivity index (χ1n) is 17.2. The topological polar surface area (TPSA) is 125 Å². The zero-order valence-electron chi connectivity index (χ0n) is 30.9. The monoisotopic (exact) mass is 882 g/mol. The molecule has 56 heavy (non-hydrogen) atoms. The lowest BCUT2D eigenvalue weighted by Gasteiger charge is -2.38. The summed E-state index contributed by atoms with van der Waals surface area (Å²) in [5.74, 6) is 6.31. The molecule has 17 heteroatoms. The molecule has 0 radical (unpaired) electrons. The Hall–Kier alpha value is -3.46. The largest absolute Gasteiger partial charge is 0.493 e. The van der Waals surface area contributed by atoms with Gasteiger partial charge in [-0.05, 0) is 36.8 Å². The molecule has 2 spiro atoms. The minimum Gasteiger partial charge on any atom is -0.493 e. The van der Waals surface area contributed by atoms with Crippen LogP contribution in [0.1, 0.15) is 31.8 Å². The predicted octanol–water partition coefficient (Wildman–Crippen LogP) is 9.01. The van der Waals surface area contributed by atoms with E-state index >= 15 is 0 Å². The Morgan fingerprint density at radius 2 is 1.05 bits per heavy atom. The second-order valence-electron chi connectivity index (χ2n) is 13.5. The molecule has 6 heterocycles. The van der Waals surface area contributed by atoms with E-state index in [1.165, 1.54) is 19.5 Å². The number of hydrogen-bond donors (Lipinski definition) is 0. The summed E-state index contributed by atoms with van der Waals surface area (Å²) in [6.45, 7) is 4.03. The van der Waals surface area contributed by atoms with E-state index < -0.39 is 5.97 Å². The Morgan fingerprint density at radius 3 is 1.45 bits per heavy atom. The van der Waals surface area contributed by atoms with Gasteiger partial charge in [0.1, 0.15) is 5.56 Å². The fraction of sp³-hybridized carbons (Fsp3) is 0.385. The summed E-state index contributed by atoms with van der Waals surface area (Å²) >= 11 is 27.4. The number of halogens is 4. The molecule has 0 aliphatic carbocycles. The number of hydrogen-bond acceptors (Lipinski definition) is 13. The summed E-state index contributed by atoms with van der Waals surface area (Å²) in [5, 5.41) is 1.95. The number of thioether (sulfide) groups is 2. The molecule has 4 aliphatic rings. The summed E-state index contributed by atoms with van der Waals surface area (Å²) in [5.41, 5.74) is 2.26. The van der Waals surface area contributed by atoms with Gasteiger partial charge >= 0.3 is 5.97 Å². The molecule has 0 bridgehead atoms. The Morgan fingerprint density at radius 1 is 0.643 bits per heavy atom. The summed E-state index contributed by atoms with van der Waals surface area (Å²) < 4.78 is 39.4.